The van der Waals surface area contributed by atoms with Crippen LogP contribution in [0.3, 0.4) is 0 Å². The van der Waals surface area contributed by atoms with Crippen molar-refractivity contribution in [2.45, 2.75) is 64.9 Å². The number of rotatable bonds is 2. The first-order chi connectivity index (χ1) is 12.7. The number of esters is 1. The summed E-state index contributed by atoms with van der Waals surface area (Å²) in [5, 5.41) is 0. The van der Waals surface area contributed by atoms with Crippen LogP contribution in [0.25, 0.3) is 0 Å². The highest BCUT2D eigenvalue weighted by molar-refractivity contribution is 5.65. The smallest absolute Gasteiger partial charge is 0.302 e. The maximum Gasteiger partial charge on any atom is 0.302 e. The van der Waals surface area contributed by atoms with Crippen LogP contribution in [-0.4, -0.2) is 11.0 Å². The molecule has 1 aromatic heterocycles. The van der Waals surface area contributed by atoms with E-state index in [4.69, 9.17) is 4.74 Å². The number of pyridine rings is 1. The lowest BCUT2D eigenvalue weighted by Crippen LogP contribution is -2.33. The van der Waals surface area contributed by atoms with Gasteiger partial charge in [0, 0.05) is 24.2 Å². The van der Waals surface area contributed by atoms with E-state index in [0.717, 1.165) is 11.1 Å². The lowest BCUT2D eigenvalue weighted by atomic mass is 9.63. The first kappa shape index (κ1) is 19.2. The van der Waals surface area contributed by atoms with Gasteiger partial charge in [0.1, 0.15) is 12.3 Å². The SMILES string of the molecule is CC(=O)OCc1ccc(C#Cc2ccc3c(c2)C(C)(C)CCC3(C)C)nc1. The Bertz CT molecular complexity index is 912. The van der Waals surface area contributed by atoms with E-state index in [9.17, 15) is 4.79 Å². The summed E-state index contributed by atoms with van der Waals surface area (Å²) in [6.07, 6.45) is 4.10. The lowest BCUT2D eigenvalue weighted by Gasteiger charge is -2.41. The van der Waals surface area contributed by atoms with Gasteiger partial charge in [-0.3, -0.25) is 4.79 Å². The van der Waals surface area contributed by atoms with Gasteiger partial charge in [0.15, 0.2) is 0 Å². The third-order valence-corrected chi connectivity index (χ3v) is 5.45. The van der Waals surface area contributed by atoms with Crippen LogP contribution in [0, 0.1) is 11.8 Å². The number of hydrogen-bond donors (Lipinski definition) is 0. The molecule has 1 aliphatic rings. The van der Waals surface area contributed by atoms with Gasteiger partial charge in [0.2, 0.25) is 0 Å². The topological polar surface area (TPSA) is 39.2 Å². The fourth-order valence-electron chi connectivity index (χ4n) is 3.57. The second kappa shape index (κ2) is 7.19. The molecule has 0 N–H and O–H groups in total. The summed E-state index contributed by atoms with van der Waals surface area (Å²) in [6, 6.07) is 10.4. The van der Waals surface area contributed by atoms with Crippen molar-refractivity contribution in [1.29, 1.82) is 0 Å². The first-order valence-electron chi connectivity index (χ1n) is 9.43. The Kier molecular flexibility index (Phi) is 5.11. The molecule has 27 heavy (non-hydrogen) atoms. The predicted molar refractivity (Wildman–Crippen MR) is 107 cm³/mol. The number of carbonyl (C=O) groups excluding carboxylic acids is 1. The summed E-state index contributed by atoms with van der Waals surface area (Å²) in [4.78, 5) is 15.2. The predicted octanol–water partition coefficient (Wildman–Crippen LogP) is 4.89. The van der Waals surface area contributed by atoms with Gasteiger partial charge < -0.3 is 4.74 Å². The zero-order valence-corrected chi connectivity index (χ0v) is 16.8. The molecule has 0 bridgehead atoms. The molecule has 0 amide bonds. The van der Waals surface area contributed by atoms with Crippen molar-refractivity contribution in [2.24, 2.45) is 0 Å². The minimum absolute atomic E-state index is 0.180. The summed E-state index contributed by atoms with van der Waals surface area (Å²) >= 11 is 0. The molecule has 3 heteroatoms. The van der Waals surface area contributed by atoms with Gasteiger partial charge in [-0.25, -0.2) is 4.98 Å². The highest BCUT2D eigenvalue weighted by Crippen LogP contribution is 2.45. The molecular formula is C24H27NO2. The van der Waals surface area contributed by atoms with Gasteiger partial charge in [-0.2, -0.15) is 0 Å². The van der Waals surface area contributed by atoms with Crippen LogP contribution in [0.1, 0.15) is 75.4 Å². The maximum absolute atomic E-state index is 10.9. The number of ether oxygens (including phenoxy) is 1. The average Bonchev–Trinajstić information content (AvgIpc) is 2.63. The molecule has 0 unspecified atom stereocenters. The number of benzene rings is 1. The Hall–Kier alpha value is -2.60. The van der Waals surface area contributed by atoms with Gasteiger partial charge in [-0.15, -0.1) is 0 Å². The molecule has 0 atom stereocenters. The normalized spacial score (nSPS) is 16.6. The van der Waals surface area contributed by atoms with Gasteiger partial charge in [0.05, 0.1) is 0 Å². The third-order valence-electron chi connectivity index (χ3n) is 5.45. The Morgan fingerprint density at radius 3 is 2.37 bits per heavy atom. The fraction of sp³-hybridized carbons (Fsp3) is 0.417. The molecule has 1 heterocycles. The number of carbonyl (C=O) groups is 1. The van der Waals surface area contributed by atoms with E-state index in [0.29, 0.717) is 5.69 Å². The van der Waals surface area contributed by atoms with E-state index in [2.05, 4.69) is 62.7 Å². The van der Waals surface area contributed by atoms with Crippen LogP contribution in [0.4, 0.5) is 0 Å². The number of aromatic nitrogens is 1. The van der Waals surface area contributed by atoms with Crippen molar-refractivity contribution >= 4 is 5.97 Å². The lowest BCUT2D eigenvalue weighted by molar-refractivity contribution is -0.142. The molecule has 0 radical (unpaired) electrons. The fourth-order valence-corrected chi connectivity index (χ4v) is 3.57. The average molecular weight is 361 g/mol. The summed E-state index contributed by atoms with van der Waals surface area (Å²) in [5.74, 6) is 6.09. The van der Waals surface area contributed by atoms with Crippen molar-refractivity contribution < 1.29 is 9.53 Å². The molecule has 0 fully saturated rings. The summed E-state index contributed by atoms with van der Waals surface area (Å²) < 4.78 is 4.97. The Balaban J connectivity index is 1.83. The maximum atomic E-state index is 10.9. The monoisotopic (exact) mass is 361 g/mol. The van der Waals surface area contributed by atoms with E-state index in [-0.39, 0.29) is 23.4 Å². The molecule has 2 aromatic rings. The highest BCUT2D eigenvalue weighted by atomic mass is 16.5. The Morgan fingerprint density at radius 1 is 1.04 bits per heavy atom. The standard InChI is InChI=1S/C24H27NO2/c1-17(26)27-16-19-7-10-20(25-15-19)9-6-18-8-11-21-22(14-18)24(4,5)13-12-23(21,2)3/h7-8,10-11,14-15H,12-13,16H2,1-5H3. The minimum atomic E-state index is -0.294. The van der Waals surface area contributed by atoms with E-state index in [1.54, 1.807) is 6.20 Å². The Labute approximate surface area is 162 Å². The van der Waals surface area contributed by atoms with E-state index in [1.165, 1.54) is 30.9 Å². The quantitative estimate of drug-likeness (QED) is 0.564. The van der Waals surface area contributed by atoms with Gasteiger partial charge >= 0.3 is 5.97 Å². The van der Waals surface area contributed by atoms with Crippen molar-refractivity contribution in [2.75, 3.05) is 0 Å². The van der Waals surface area contributed by atoms with Crippen molar-refractivity contribution in [1.82, 2.24) is 4.98 Å². The zero-order chi connectivity index (χ0) is 19.7. The largest absolute Gasteiger partial charge is 0.461 e. The van der Waals surface area contributed by atoms with Crippen molar-refractivity contribution in [3.8, 4) is 11.8 Å². The van der Waals surface area contributed by atoms with Crippen LogP contribution in [0.5, 0.6) is 0 Å². The second-order valence-electron chi connectivity index (χ2n) is 8.61. The number of hydrogen-bond acceptors (Lipinski definition) is 3. The first-order valence-corrected chi connectivity index (χ1v) is 9.43. The summed E-state index contributed by atoms with van der Waals surface area (Å²) in [5.41, 5.74) is 5.83. The molecule has 3 nitrogen and oxygen atoms in total. The minimum Gasteiger partial charge on any atom is -0.461 e. The molecule has 0 aliphatic heterocycles. The molecular weight excluding hydrogens is 334 g/mol. The van der Waals surface area contributed by atoms with Crippen LogP contribution < -0.4 is 0 Å². The van der Waals surface area contributed by atoms with Crippen LogP contribution in [0.15, 0.2) is 36.5 Å². The second-order valence-corrected chi connectivity index (χ2v) is 8.61. The van der Waals surface area contributed by atoms with E-state index >= 15 is 0 Å². The molecule has 0 saturated carbocycles. The van der Waals surface area contributed by atoms with Gasteiger partial charge in [-0.05, 0) is 58.9 Å². The van der Waals surface area contributed by atoms with E-state index < -0.39 is 0 Å². The molecule has 0 spiro atoms. The molecule has 1 aliphatic carbocycles. The van der Waals surface area contributed by atoms with Crippen LogP contribution >= 0.6 is 0 Å². The van der Waals surface area contributed by atoms with Gasteiger partial charge in [-0.1, -0.05) is 45.7 Å². The van der Waals surface area contributed by atoms with Crippen molar-refractivity contribution in [3.05, 3.63) is 64.5 Å². The van der Waals surface area contributed by atoms with E-state index in [1.807, 2.05) is 12.1 Å². The van der Waals surface area contributed by atoms with Crippen molar-refractivity contribution in [3.63, 3.8) is 0 Å². The zero-order valence-electron chi connectivity index (χ0n) is 16.8. The Morgan fingerprint density at radius 2 is 1.74 bits per heavy atom. The number of nitrogens with zero attached hydrogens (tertiary/aromatic N) is 1. The van der Waals surface area contributed by atoms with Crippen LogP contribution in [0.2, 0.25) is 0 Å². The highest BCUT2D eigenvalue weighted by Gasteiger charge is 2.36. The molecule has 3 rings (SSSR count). The molecule has 140 valence electrons. The van der Waals surface area contributed by atoms with Crippen LogP contribution in [-0.2, 0) is 27.0 Å². The third kappa shape index (κ3) is 4.39. The van der Waals surface area contributed by atoms with Gasteiger partial charge in [0.25, 0.3) is 0 Å². The summed E-state index contributed by atoms with van der Waals surface area (Å²) in [6.45, 7) is 10.9. The molecule has 1 aromatic carbocycles. The molecule has 0 saturated heterocycles. The summed E-state index contributed by atoms with van der Waals surface area (Å²) in [7, 11) is 0. The number of fused-ring (bicyclic) bond motifs is 1.